The quantitative estimate of drug-likeness (QED) is 0.576. The van der Waals surface area contributed by atoms with Crippen LogP contribution in [-0.2, 0) is 6.54 Å². The summed E-state index contributed by atoms with van der Waals surface area (Å²) in [6.07, 6.45) is 1.68. The van der Waals surface area contributed by atoms with Crippen molar-refractivity contribution in [3.63, 3.8) is 0 Å². The average Bonchev–Trinajstić information content (AvgIpc) is 3.19. The highest BCUT2D eigenvalue weighted by atomic mass is 19.1. The molecule has 0 aliphatic heterocycles. The number of halogens is 1. The number of rotatable bonds is 5. The van der Waals surface area contributed by atoms with Crippen LogP contribution in [0.25, 0.3) is 16.9 Å². The Kier molecular flexibility index (Phi) is 4.93. The monoisotopic (exact) mass is 372 g/mol. The van der Waals surface area contributed by atoms with Crippen LogP contribution in [0.1, 0.15) is 16.2 Å². The summed E-state index contributed by atoms with van der Waals surface area (Å²) < 4.78 is 14.8. The van der Waals surface area contributed by atoms with Gasteiger partial charge in [-0.15, -0.1) is 0 Å². The lowest BCUT2D eigenvalue weighted by atomic mass is 10.1. The molecule has 4 rings (SSSR count). The molecule has 0 aliphatic rings. The van der Waals surface area contributed by atoms with Gasteiger partial charge in [-0.3, -0.25) is 9.78 Å². The zero-order valence-corrected chi connectivity index (χ0v) is 14.9. The van der Waals surface area contributed by atoms with Crippen molar-refractivity contribution in [1.82, 2.24) is 20.1 Å². The highest BCUT2D eigenvalue weighted by molar-refractivity contribution is 5.94. The van der Waals surface area contributed by atoms with Crippen molar-refractivity contribution in [2.24, 2.45) is 0 Å². The molecule has 0 saturated heterocycles. The molecule has 0 unspecified atom stereocenters. The Labute approximate surface area is 161 Å². The lowest BCUT2D eigenvalue weighted by Gasteiger charge is -2.08. The van der Waals surface area contributed by atoms with E-state index >= 15 is 0 Å². The van der Waals surface area contributed by atoms with E-state index in [0.717, 1.165) is 16.9 Å². The molecule has 138 valence electrons. The Morgan fingerprint density at radius 3 is 2.43 bits per heavy atom. The zero-order valence-electron chi connectivity index (χ0n) is 14.9. The average molecular weight is 372 g/mol. The third kappa shape index (κ3) is 3.81. The number of amides is 1. The maximum atomic E-state index is 13.2. The summed E-state index contributed by atoms with van der Waals surface area (Å²) in [7, 11) is 0. The Bertz CT molecular complexity index is 1080. The van der Waals surface area contributed by atoms with E-state index in [1.54, 1.807) is 29.1 Å². The first-order chi connectivity index (χ1) is 13.7. The summed E-state index contributed by atoms with van der Waals surface area (Å²) in [6.45, 7) is 0.311. The number of hydrogen-bond acceptors (Lipinski definition) is 3. The molecule has 4 aromatic rings. The Morgan fingerprint density at radius 2 is 1.71 bits per heavy atom. The Morgan fingerprint density at radius 1 is 0.964 bits per heavy atom. The molecule has 0 aliphatic carbocycles. The van der Waals surface area contributed by atoms with Crippen LogP contribution < -0.4 is 5.32 Å². The minimum Gasteiger partial charge on any atom is -0.345 e. The summed E-state index contributed by atoms with van der Waals surface area (Å²) in [5.41, 5.74) is 3.24. The molecule has 0 fully saturated rings. The first-order valence-corrected chi connectivity index (χ1v) is 8.80. The number of hydrogen-bond donors (Lipinski definition) is 1. The molecule has 1 N–H and O–H groups in total. The fraction of sp³-hybridized carbons (Fsp3) is 0.0455. The summed E-state index contributed by atoms with van der Waals surface area (Å²) in [5.74, 6) is -0.588. The number of aromatic nitrogens is 3. The van der Waals surface area contributed by atoms with Crippen LogP contribution in [0.3, 0.4) is 0 Å². The van der Waals surface area contributed by atoms with Gasteiger partial charge in [0.2, 0.25) is 0 Å². The van der Waals surface area contributed by atoms with Gasteiger partial charge in [0, 0.05) is 11.8 Å². The van der Waals surface area contributed by atoms with Crippen LogP contribution in [-0.4, -0.2) is 20.7 Å². The molecule has 0 spiro atoms. The number of nitrogens with zero attached hydrogens (tertiary/aromatic N) is 3. The van der Waals surface area contributed by atoms with Crippen LogP contribution >= 0.6 is 0 Å². The zero-order chi connectivity index (χ0) is 19.3. The van der Waals surface area contributed by atoms with Gasteiger partial charge >= 0.3 is 0 Å². The molecule has 2 aromatic carbocycles. The van der Waals surface area contributed by atoms with E-state index < -0.39 is 0 Å². The van der Waals surface area contributed by atoms with Crippen LogP contribution in [0.15, 0.2) is 85.1 Å². The van der Waals surface area contributed by atoms with E-state index in [2.05, 4.69) is 15.4 Å². The van der Waals surface area contributed by atoms with Crippen LogP contribution in [0.2, 0.25) is 0 Å². The van der Waals surface area contributed by atoms with E-state index in [0.29, 0.717) is 17.9 Å². The standard InChI is InChI=1S/C22H17FN4O/c23-17-11-9-16(10-12-17)20-14-21(27(26-20)19-7-2-1-3-8-19)22(28)25-15-18-6-4-5-13-24-18/h1-14H,15H2,(H,25,28). The highest BCUT2D eigenvalue weighted by Gasteiger charge is 2.17. The lowest BCUT2D eigenvalue weighted by Crippen LogP contribution is -2.25. The van der Waals surface area contributed by atoms with Gasteiger partial charge in [0.05, 0.1) is 23.6 Å². The van der Waals surface area contributed by atoms with E-state index in [-0.39, 0.29) is 11.7 Å². The minimum absolute atomic E-state index is 0.268. The number of carbonyl (C=O) groups excluding carboxylic acids is 1. The van der Waals surface area contributed by atoms with Crippen molar-refractivity contribution >= 4 is 5.91 Å². The molecule has 28 heavy (non-hydrogen) atoms. The molecular formula is C22H17FN4O. The molecule has 0 bridgehead atoms. The highest BCUT2D eigenvalue weighted by Crippen LogP contribution is 2.22. The number of nitrogens with one attached hydrogen (secondary N) is 1. The summed E-state index contributed by atoms with van der Waals surface area (Å²) in [5, 5.41) is 7.45. The number of benzene rings is 2. The van der Waals surface area contributed by atoms with Crippen molar-refractivity contribution < 1.29 is 9.18 Å². The van der Waals surface area contributed by atoms with Gasteiger partial charge in [0.25, 0.3) is 5.91 Å². The maximum absolute atomic E-state index is 13.2. The molecule has 0 radical (unpaired) electrons. The molecule has 6 heteroatoms. The Hall–Kier alpha value is -3.80. The maximum Gasteiger partial charge on any atom is 0.270 e. The number of para-hydroxylation sites is 1. The summed E-state index contributed by atoms with van der Waals surface area (Å²) >= 11 is 0. The van der Waals surface area contributed by atoms with Crippen molar-refractivity contribution in [1.29, 1.82) is 0 Å². The van der Waals surface area contributed by atoms with Gasteiger partial charge in [-0.1, -0.05) is 24.3 Å². The topological polar surface area (TPSA) is 59.8 Å². The van der Waals surface area contributed by atoms with E-state index in [9.17, 15) is 9.18 Å². The second-order valence-electron chi connectivity index (χ2n) is 6.17. The van der Waals surface area contributed by atoms with E-state index in [4.69, 9.17) is 0 Å². The van der Waals surface area contributed by atoms with Crippen molar-refractivity contribution in [3.05, 3.63) is 102 Å². The second kappa shape index (κ2) is 7.84. The summed E-state index contributed by atoms with van der Waals surface area (Å²) in [4.78, 5) is 17.1. The van der Waals surface area contributed by atoms with Gasteiger partial charge in [-0.25, -0.2) is 9.07 Å². The van der Waals surface area contributed by atoms with Crippen molar-refractivity contribution in [2.45, 2.75) is 6.54 Å². The van der Waals surface area contributed by atoms with E-state index in [1.165, 1.54) is 12.1 Å². The van der Waals surface area contributed by atoms with Gasteiger partial charge in [0.15, 0.2) is 0 Å². The normalized spacial score (nSPS) is 10.6. The first kappa shape index (κ1) is 17.6. The fourth-order valence-corrected chi connectivity index (χ4v) is 2.83. The lowest BCUT2D eigenvalue weighted by molar-refractivity contribution is 0.0942. The predicted octanol–water partition coefficient (Wildman–Crippen LogP) is 4.00. The second-order valence-corrected chi connectivity index (χ2v) is 6.17. The summed E-state index contributed by atoms with van der Waals surface area (Å²) in [6, 6.07) is 22.7. The third-order valence-electron chi connectivity index (χ3n) is 4.24. The van der Waals surface area contributed by atoms with Gasteiger partial charge in [-0.05, 0) is 54.6 Å². The van der Waals surface area contributed by atoms with Crippen LogP contribution in [0.5, 0.6) is 0 Å². The minimum atomic E-state index is -0.320. The fourth-order valence-electron chi connectivity index (χ4n) is 2.83. The Balaban J connectivity index is 1.68. The number of pyridine rings is 1. The predicted molar refractivity (Wildman–Crippen MR) is 104 cm³/mol. The number of carbonyl (C=O) groups is 1. The van der Waals surface area contributed by atoms with Crippen molar-refractivity contribution in [2.75, 3.05) is 0 Å². The van der Waals surface area contributed by atoms with Gasteiger partial charge in [0.1, 0.15) is 11.5 Å². The molecule has 5 nitrogen and oxygen atoms in total. The molecular weight excluding hydrogens is 355 g/mol. The molecule has 0 atom stereocenters. The molecule has 2 aromatic heterocycles. The largest absolute Gasteiger partial charge is 0.345 e. The van der Waals surface area contributed by atoms with Crippen molar-refractivity contribution in [3.8, 4) is 16.9 Å². The third-order valence-corrected chi connectivity index (χ3v) is 4.24. The molecule has 1 amide bonds. The van der Waals surface area contributed by atoms with Crippen LogP contribution in [0, 0.1) is 5.82 Å². The van der Waals surface area contributed by atoms with E-state index in [1.807, 2.05) is 48.5 Å². The molecule has 2 heterocycles. The van der Waals surface area contributed by atoms with Crippen LogP contribution in [0.4, 0.5) is 4.39 Å². The first-order valence-electron chi connectivity index (χ1n) is 8.80. The SMILES string of the molecule is O=C(NCc1ccccn1)c1cc(-c2ccc(F)cc2)nn1-c1ccccc1. The molecule has 0 saturated carbocycles. The van der Waals surface area contributed by atoms with Gasteiger partial charge in [-0.2, -0.15) is 5.10 Å². The smallest absolute Gasteiger partial charge is 0.270 e. The van der Waals surface area contributed by atoms with Gasteiger partial charge < -0.3 is 5.32 Å².